The third-order valence-corrected chi connectivity index (χ3v) is 4.86. The number of rotatable bonds is 6. The minimum absolute atomic E-state index is 0.674. The third-order valence-electron chi connectivity index (χ3n) is 4.86. The fraction of sp³-hybridized carbons (Fsp3) is 0.0800. The number of hydrogen-bond donors (Lipinski definition) is 0. The van der Waals surface area contributed by atoms with E-state index in [2.05, 4.69) is 43.7 Å². The molecule has 0 aliphatic carbocycles. The minimum Gasteiger partial charge on any atom is -0.340 e. The Bertz CT molecular complexity index is 951. The number of hydrogen-bond acceptors (Lipinski definition) is 5. The Labute approximate surface area is 177 Å². The van der Waals surface area contributed by atoms with E-state index >= 15 is 0 Å². The highest BCUT2D eigenvalue weighted by atomic mass is 15.3. The molecule has 4 radical (unpaired) electrons. The number of benzene rings is 2. The number of para-hydroxylation sites is 2. The maximum atomic E-state index is 4.83. The molecule has 3 aromatic rings. The molecule has 0 saturated heterocycles. The minimum atomic E-state index is 0.674. The molecule has 0 atom stereocenters. The van der Waals surface area contributed by atoms with Crippen LogP contribution in [0.4, 0.5) is 11.4 Å². The van der Waals surface area contributed by atoms with Crippen LogP contribution in [0.15, 0.2) is 104 Å². The zero-order valence-electron chi connectivity index (χ0n) is 16.5. The maximum absolute atomic E-state index is 4.83. The van der Waals surface area contributed by atoms with Crippen molar-refractivity contribution in [2.75, 3.05) is 9.80 Å². The van der Waals surface area contributed by atoms with E-state index in [1.807, 2.05) is 92.9 Å². The van der Waals surface area contributed by atoms with Crippen LogP contribution in [-0.2, 0) is 13.1 Å². The van der Waals surface area contributed by atoms with E-state index in [0.29, 0.717) is 13.1 Å². The van der Waals surface area contributed by atoms with Crippen molar-refractivity contribution in [3.05, 3.63) is 128 Å². The fourth-order valence-electron chi connectivity index (χ4n) is 3.40. The number of nitrogens with zero attached hydrogens (tertiary/aromatic N) is 5. The summed E-state index contributed by atoms with van der Waals surface area (Å²) in [7, 11) is 0. The van der Waals surface area contributed by atoms with Crippen molar-refractivity contribution in [2.45, 2.75) is 13.1 Å². The molecule has 0 bridgehead atoms. The SMILES string of the molecule is [C]1N(Cc2cccc(CN3[C]N(c4ccccc4)C=C3)n2)C=CN1c1ccccc1. The van der Waals surface area contributed by atoms with Gasteiger partial charge in [-0.25, -0.2) is 0 Å². The van der Waals surface area contributed by atoms with Crippen molar-refractivity contribution in [1.29, 1.82) is 0 Å². The standard InChI is InChI=1S/C25H21N5/c1-3-10-24(11-4-1)29-16-14-27(20-29)18-22-8-7-9-23(26-22)19-28-15-17-30(21-28)25-12-5-2-6-13-25/h1-17H,18-19H2. The summed E-state index contributed by atoms with van der Waals surface area (Å²) in [4.78, 5) is 12.8. The molecule has 0 spiro atoms. The lowest BCUT2D eigenvalue weighted by atomic mass is 10.3. The summed E-state index contributed by atoms with van der Waals surface area (Å²) in [6.07, 6.45) is 8.06. The second-order valence-electron chi connectivity index (χ2n) is 7.08. The maximum Gasteiger partial charge on any atom is 0.213 e. The van der Waals surface area contributed by atoms with Crippen LogP contribution in [0.3, 0.4) is 0 Å². The molecule has 0 amide bonds. The highest BCUT2D eigenvalue weighted by Gasteiger charge is 2.18. The van der Waals surface area contributed by atoms with E-state index in [1.54, 1.807) is 0 Å². The van der Waals surface area contributed by atoms with Gasteiger partial charge < -0.3 is 19.6 Å². The monoisotopic (exact) mass is 391 g/mol. The van der Waals surface area contributed by atoms with E-state index in [4.69, 9.17) is 4.98 Å². The van der Waals surface area contributed by atoms with Gasteiger partial charge in [0, 0.05) is 36.2 Å². The molecule has 146 valence electrons. The Balaban J connectivity index is 1.18. The second kappa shape index (κ2) is 8.33. The molecule has 3 heterocycles. The van der Waals surface area contributed by atoms with Crippen molar-refractivity contribution >= 4 is 11.4 Å². The second-order valence-corrected chi connectivity index (χ2v) is 7.08. The van der Waals surface area contributed by atoms with Gasteiger partial charge in [-0.2, -0.15) is 0 Å². The van der Waals surface area contributed by atoms with Crippen molar-refractivity contribution in [1.82, 2.24) is 14.8 Å². The highest BCUT2D eigenvalue weighted by Crippen LogP contribution is 2.24. The molecule has 0 fully saturated rings. The predicted molar refractivity (Wildman–Crippen MR) is 118 cm³/mol. The Morgan fingerprint density at radius 3 is 1.47 bits per heavy atom. The van der Waals surface area contributed by atoms with Gasteiger partial charge >= 0.3 is 0 Å². The lowest BCUT2D eigenvalue weighted by molar-refractivity contribution is 0.441. The largest absolute Gasteiger partial charge is 0.340 e. The number of pyridine rings is 1. The van der Waals surface area contributed by atoms with Gasteiger partial charge in [0.15, 0.2) is 0 Å². The van der Waals surface area contributed by atoms with Crippen LogP contribution in [0.5, 0.6) is 0 Å². The van der Waals surface area contributed by atoms with Crippen LogP contribution in [0, 0.1) is 13.3 Å². The molecule has 2 aliphatic rings. The molecule has 0 saturated carbocycles. The Hall–Kier alpha value is -3.73. The molecule has 2 aliphatic heterocycles. The summed E-state index contributed by atoms with van der Waals surface area (Å²) in [6, 6.07) is 26.5. The molecule has 30 heavy (non-hydrogen) atoms. The average molecular weight is 391 g/mol. The van der Waals surface area contributed by atoms with Gasteiger partial charge in [-0.1, -0.05) is 42.5 Å². The van der Waals surface area contributed by atoms with Gasteiger partial charge in [-0.3, -0.25) is 4.98 Å². The lowest BCUT2D eigenvalue weighted by Crippen LogP contribution is -2.20. The average Bonchev–Trinajstić information content (AvgIpc) is 3.45. The van der Waals surface area contributed by atoms with Gasteiger partial charge in [0.1, 0.15) is 0 Å². The highest BCUT2D eigenvalue weighted by molar-refractivity contribution is 5.53. The zero-order chi connectivity index (χ0) is 20.2. The molecule has 2 aromatic carbocycles. The van der Waals surface area contributed by atoms with E-state index in [9.17, 15) is 0 Å². The predicted octanol–water partition coefficient (Wildman–Crippen LogP) is 4.66. The Morgan fingerprint density at radius 2 is 1.00 bits per heavy atom. The molecule has 1 aromatic heterocycles. The van der Waals surface area contributed by atoms with Crippen LogP contribution >= 0.6 is 0 Å². The first-order chi connectivity index (χ1) is 14.8. The smallest absolute Gasteiger partial charge is 0.213 e. The summed E-state index contributed by atoms with van der Waals surface area (Å²) in [5.74, 6) is 0. The summed E-state index contributed by atoms with van der Waals surface area (Å²) in [6.45, 7) is 8.04. The van der Waals surface area contributed by atoms with Crippen molar-refractivity contribution in [3.63, 3.8) is 0 Å². The quantitative estimate of drug-likeness (QED) is 0.609. The van der Waals surface area contributed by atoms with Gasteiger partial charge in [0.25, 0.3) is 0 Å². The number of aromatic nitrogens is 1. The normalized spacial score (nSPS) is 15.5. The van der Waals surface area contributed by atoms with Crippen LogP contribution in [0.2, 0.25) is 0 Å². The lowest BCUT2D eigenvalue weighted by Gasteiger charge is -2.20. The number of anilines is 2. The Morgan fingerprint density at radius 1 is 0.533 bits per heavy atom. The van der Waals surface area contributed by atoms with Crippen LogP contribution in [0.1, 0.15) is 11.4 Å². The van der Waals surface area contributed by atoms with Crippen LogP contribution < -0.4 is 9.80 Å². The third kappa shape index (κ3) is 4.15. The van der Waals surface area contributed by atoms with Crippen molar-refractivity contribution in [2.24, 2.45) is 0 Å². The summed E-state index contributed by atoms with van der Waals surface area (Å²) in [5.41, 5.74) is 4.19. The van der Waals surface area contributed by atoms with E-state index < -0.39 is 0 Å². The first kappa shape index (κ1) is 18.3. The van der Waals surface area contributed by atoms with Gasteiger partial charge in [-0.05, 0) is 36.4 Å². The van der Waals surface area contributed by atoms with Crippen molar-refractivity contribution in [3.8, 4) is 0 Å². The fourth-order valence-corrected chi connectivity index (χ4v) is 3.40. The summed E-state index contributed by atoms with van der Waals surface area (Å²) < 4.78 is 0. The Kier molecular flexibility index (Phi) is 5.08. The van der Waals surface area contributed by atoms with Crippen molar-refractivity contribution < 1.29 is 0 Å². The first-order valence-electron chi connectivity index (χ1n) is 9.89. The van der Waals surface area contributed by atoms with Gasteiger partial charge in [0.05, 0.1) is 24.5 Å². The molecular formula is C25H21N5. The summed E-state index contributed by atoms with van der Waals surface area (Å²) in [5, 5.41) is 0. The van der Waals surface area contributed by atoms with E-state index in [0.717, 1.165) is 22.8 Å². The molecule has 5 heteroatoms. The van der Waals surface area contributed by atoms with E-state index in [1.165, 1.54) is 0 Å². The van der Waals surface area contributed by atoms with E-state index in [-0.39, 0.29) is 0 Å². The summed E-state index contributed by atoms with van der Waals surface area (Å²) >= 11 is 0. The topological polar surface area (TPSA) is 25.9 Å². The molecule has 5 rings (SSSR count). The molecule has 0 N–H and O–H groups in total. The molecular weight excluding hydrogens is 370 g/mol. The van der Waals surface area contributed by atoms with Crippen LogP contribution in [0.25, 0.3) is 0 Å². The molecule has 5 nitrogen and oxygen atoms in total. The molecule has 0 unspecified atom stereocenters. The first-order valence-corrected chi connectivity index (χ1v) is 9.89. The zero-order valence-corrected chi connectivity index (χ0v) is 16.5. The van der Waals surface area contributed by atoms with Gasteiger partial charge in [-0.15, -0.1) is 0 Å². The van der Waals surface area contributed by atoms with Gasteiger partial charge in [0.2, 0.25) is 13.3 Å². The van der Waals surface area contributed by atoms with Crippen LogP contribution in [-0.4, -0.2) is 14.8 Å².